The smallest absolute Gasteiger partial charge is 0.255 e. The number of pyridine rings is 1. The first kappa shape index (κ1) is 28.7. The van der Waals surface area contributed by atoms with Crippen molar-refractivity contribution in [3.05, 3.63) is 117 Å². The number of aromatic nitrogens is 1. The number of carbonyl (C=O) groups excluding carboxylic acids is 2. The number of fused-ring (bicyclic) bond motifs is 5. The van der Waals surface area contributed by atoms with E-state index >= 15 is 0 Å². The highest BCUT2D eigenvalue weighted by Crippen LogP contribution is 2.40. The average molecular weight is 605 g/mol. The minimum absolute atomic E-state index is 0.0421. The molecule has 0 aliphatic carbocycles. The molecule has 3 aliphatic rings. The van der Waals surface area contributed by atoms with Crippen molar-refractivity contribution in [3.63, 3.8) is 0 Å². The Bertz CT molecular complexity index is 1830. The van der Waals surface area contributed by atoms with Gasteiger partial charge in [0, 0.05) is 67.6 Å². The number of nitrogens with zero attached hydrogens (tertiary/aromatic N) is 3. The van der Waals surface area contributed by atoms with Gasteiger partial charge >= 0.3 is 0 Å². The van der Waals surface area contributed by atoms with Crippen molar-refractivity contribution in [2.75, 3.05) is 44.1 Å². The molecule has 230 valence electrons. The zero-order chi connectivity index (χ0) is 31.1. The van der Waals surface area contributed by atoms with Crippen molar-refractivity contribution in [1.29, 1.82) is 0 Å². The van der Waals surface area contributed by atoms with E-state index in [1.54, 1.807) is 44.6 Å². The molecule has 45 heavy (non-hydrogen) atoms. The molecule has 0 radical (unpaired) electrons. The highest BCUT2D eigenvalue weighted by Gasteiger charge is 2.35. The van der Waals surface area contributed by atoms with Gasteiger partial charge in [-0.2, -0.15) is 0 Å². The van der Waals surface area contributed by atoms with Crippen LogP contribution in [-0.2, 0) is 19.5 Å². The van der Waals surface area contributed by atoms with Crippen LogP contribution in [0.3, 0.4) is 0 Å². The quantitative estimate of drug-likeness (QED) is 0.335. The van der Waals surface area contributed by atoms with E-state index in [0.717, 1.165) is 36.3 Å². The Balaban J connectivity index is 1.22. The molecule has 0 spiro atoms. The number of anilines is 2. The molecule has 7 rings (SSSR count). The van der Waals surface area contributed by atoms with Gasteiger partial charge in [-0.15, -0.1) is 0 Å². The third kappa shape index (κ3) is 5.54. The second-order valence-corrected chi connectivity index (χ2v) is 12.1. The Morgan fingerprint density at radius 3 is 2.38 bits per heavy atom. The number of methoxy groups -OCH3 is 2. The van der Waals surface area contributed by atoms with Crippen molar-refractivity contribution in [2.24, 2.45) is 5.92 Å². The molecule has 2 unspecified atom stereocenters. The van der Waals surface area contributed by atoms with Crippen LogP contribution in [0, 0.1) is 5.92 Å². The normalized spacial score (nSPS) is 18.4. The highest BCUT2D eigenvalue weighted by atomic mass is 16.5. The fraction of sp³-hybridized carbons (Fsp3) is 0.306. The number of hydrogen-bond donors (Lipinski definition) is 1. The van der Waals surface area contributed by atoms with Gasteiger partial charge < -0.3 is 29.2 Å². The summed E-state index contributed by atoms with van der Waals surface area (Å²) in [4.78, 5) is 44.3. The Labute approximate surface area is 262 Å². The van der Waals surface area contributed by atoms with Gasteiger partial charge in [-0.3, -0.25) is 14.4 Å². The first-order valence-corrected chi connectivity index (χ1v) is 15.4. The second-order valence-electron chi connectivity index (χ2n) is 12.1. The second kappa shape index (κ2) is 11.8. The van der Waals surface area contributed by atoms with Gasteiger partial charge in [-0.1, -0.05) is 30.3 Å². The summed E-state index contributed by atoms with van der Waals surface area (Å²) in [6, 6.07) is 24.4. The summed E-state index contributed by atoms with van der Waals surface area (Å²) in [6.45, 7) is 3.29. The highest BCUT2D eigenvalue weighted by molar-refractivity contribution is 6.07. The molecule has 3 aromatic carbocycles. The third-order valence-corrected chi connectivity index (χ3v) is 9.34. The molecule has 4 heterocycles. The molecule has 3 aliphatic heterocycles. The Morgan fingerprint density at radius 2 is 1.60 bits per heavy atom. The number of amides is 2. The van der Waals surface area contributed by atoms with Gasteiger partial charge in [-0.25, -0.2) is 0 Å². The fourth-order valence-corrected chi connectivity index (χ4v) is 7.12. The van der Waals surface area contributed by atoms with Gasteiger partial charge in [-0.05, 0) is 66.3 Å². The topological polar surface area (TPSA) is 93.1 Å². The molecular weight excluding hydrogens is 568 g/mol. The maximum Gasteiger partial charge on any atom is 0.255 e. The fourth-order valence-electron chi connectivity index (χ4n) is 7.12. The molecule has 1 aromatic heterocycles. The van der Waals surface area contributed by atoms with Crippen molar-refractivity contribution in [1.82, 2.24) is 9.47 Å². The summed E-state index contributed by atoms with van der Waals surface area (Å²) >= 11 is 0. The van der Waals surface area contributed by atoms with Gasteiger partial charge in [0.2, 0.25) is 0 Å². The zero-order valence-electron chi connectivity index (χ0n) is 25.5. The molecule has 2 amide bonds. The van der Waals surface area contributed by atoms with Gasteiger partial charge in [0.1, 0.15) is 11.5 Å². The van der Waals surface area contributed by atoms with Crippen LogP contribution in [0.5, 0.6) is 11.5 Å². The number of nitrogens with one attached hydrogen (secondary N) is 1. The molecule has 1 fully saturated rings. The predicted octanol–water partition coefficient (Wildman–Crippen LogP) is 4.94. The molecule has 1 saturated heterocycles. The van der Waals surface area contributed by atoms with E-state index in [9.17, 15) is 14.4 Å². The molecule has 0 saturated carbocycles. The monoisotopic (exact) mass is 604 g/mol. The number of hydrogen-bond acceptors (Lipinski definition) is 6. The van der Waals surface area contributed by atoms with Crippen molar-refractivity contribution < 1.29 is 19.1 Å². The van der Waals surface area contributed by atoms with E-state index < -0.39 is 0 Å². The van der Waals surface area contributed by atoms with Crippen LogP contribution in [0.25, 0.3) is 0 Å². The first-order valence-electron chi connectivity index (χ1n) is 15.4. The van der Waals surface area contributed by atoms with Crippen LogP contribution < -0.4 is 25.2 Å². The Hall–Kier alpha value is -5.05. The molecule has 2 atom stereocenters. The van der Waals surface area contributed by atoms with Crippen LogP contribution in [0.2, 0.25) is 0 Å². The largest absolute Gasteiger partial charge is 0.497 e. The maximum absolute atomic E-state index is 13.8. The summed E-state index contributed by atoms with van der Waals surface area (Å²) < 4.78 is 12.7. The minimum Gasteiger partial charge on any atom is -0.497 e. The van der Waals surface area contributed by atoms with Crippen LogP contribution in [-0.4, -0.2) is 55.1 Å². The standard InChI is InChI=1S/C36H36N4O5/c1-44-29-15-27(16-30(18-29)45-2)35(42)37-31-17-25(36(43)38-13-12-24-6-3-4-7-26(24)21-38)10-11-33(31)39-19-23-14-28(22-39)32-8-5-9-34(41)40(32)20-23/h3-11,15-18,23,28H,12-14,19-22H2,1-2H3,(H,37,42). The van der Waals surface area contributed by atoms with Crippen LogP contribution >= 0.6 is 0 Å². The molecule has 2 bridgehead atoms. The molecule has 9 heteroatoms. The van der Waals surface area contributed by atoms with E-state index in [-0.39, 0.29) is 29.2 Å². The lowest BCUT2D eigenvalue weighted by atomic mass is 9.83. The summed E-state index contributed by atoms with van der Waals surface area (Å²) in [5.41, 5.74) is 5.84. The third-order valence-electron chi connectivity index (χ3n) is 9.34. The van der Waals surface area contributed by atoms with Gasteiger partial charge in [0.25, 0.3) is 17.4 Å². The van der Waals surface area contributed by atoms with Crippen LogP contribution in [0.15, 0.2) is 83.7 Å². The average Bonchev–Trinajstić information content (AvgIpc) is 3.07. The summed E-state index contributed by atoms with van der Waals surface area (Å²) in [7, 11) is 3.09. The predicted molar refractivity (Wildman–Crippen MR) is 173 cm³/mol. The van der Waals surface area contributed by atoms with Crippen LogP contribution in [0.4, 0.5) is 11.4 Å². The zero-order valence-corrected chi connectivity index (χ0v) is 25.5. The van der Waals surface area contributed by atoms with Gasteiger partial charge in [0.05, 0.1) is 25.6 Å². The lowest BCUT2D eigenvalue weighted by Crippen LogP contribution is -2.47. The van der Waals surface area contributed by atoms with E-state index in [0.29, 0.717) is 54.5 Å². The van der Waals surface area contributed by atoms with E-state index in [1.165, 1.54) is 5.56 Å². The lowest BCUT2D eigenvalue weighted by molar-refractivity contribution is 0.0734. The van der Waals surface area contributed by atoms with E-state index in [4.69, 9.17) is 9.47 Å². The first-order chi connectivity index (χ1) is 21.9. The van der Waals surface area contributed by atoms with Crippen LogP contribution in [0.1, 0.15) is 49.9 Å². The minimum atomic E-state index is -0.334. The SMILES string of the molecule is COc1cc(OC)cc(C(=O)Nc2cc(C(=O)N3CCc4ccccc4C3)ccc2N2CC3CC(C2)c2cccc(=O)n2C3)c1. The van der Waals surface area contributed by atoms with E-state index in [2.05, 4.69) is 22.3 Å². The summed E-state index contributed by atoms with van der Waals surface area (Å²) in [6.07, 6.45) is 1.82. The number of piperidine rings is 1. The molecule has 9 nitrogen and oxygen atoms in total. The molecule has 1 N–H and O–H groups in total. The maximum atomic E-state index is 13.8. The number of ether oxygens (including phenoxy) is 2. The number of rotatable bonds is 6. The van der Waals surface area contributed by atoms with E-state index in [1.807, 2.05) is 45.9 Å². The van der Waals surface area contributed by atoms with Crippen molar-refractivity contribution in [3.8, 4) is 11.5 Å². The Kier molecular flexibility index (Phi) is 7.53. The number of carbonyl (C=O) groups is 2. The van der Waals surface area contributed by atoms with Crippen molar-refractivity contribution in [2.45, 2.75) is 31.8 Å². The summed E-state index contributed by atoms with van der Waals surface area (Å²) in [5.74, 6) is 1.08. The van der Waals surface area contributed by atoms with Gasteiger partial charge in [0.15, 0.2) is 0 Å². The molecular formula is C36H36N4O5. The lowest BCUT2D eigenvalue weighted by Gasteiger charge is -2.44. The Morgan fingerprint density at radius 1 is 0.822 bits per heavy atom. The summed E-state index contributed by atoms with van der Waals surface area (Å²) in [5, 5.41) is 3.12. The van der Waals surface area contributed by atoms with Crippen molar-refractivity contribution >= 4 is 23.2 Å². The number of benzene rings is 3. The molecule has 4 aromatic rings.